The lowest BCUT2D eigenvalue weighted by molar-refractivity contribution is -0.141. The third kappa shape index (κ3) is 5.10. The summed E-state index contributed by atoms with van der Waals surface area (Å²) in [6, 6.07) is 1.86. The number of anilines is 3. The lowest BCUT2D eigenvalue weighted by atomic mass is 10.1. The molecule has 0 aromatic carbocycles. The van der Waals surface area contributed by atoms with E-state index in [0.29, 0.717) is 40.9 Å². The third-order valence-corrected chi connectivity index (χ3v) is 6.11. The maximum Gasteiger partial charge on any atom is 0.433 e. The molecule has 0 bridgehead atoms. The molecule has 36 heavy (non-hydrogen) atoms. The molecule has 3 aromatic rings. The van der Waals surface area contributed by atoms with Crippen LogP contribution in [0.2, 0.25) is 0 Å². The van der Waals surface area contributed by atoms with E-state index in [0.717, 1.165) is 11.6 Å². The summed E-state index contributed by atoms with van der Waals surface area (Å²) in [5, 5.41) is 10.3. The van der Waals surface area contributed by atoms with Crippen LogP contribution in [0.3, 0.4) is 0 Å². The van der Waals surface area contributed by atoms with Crippen molar-refractivity contribution in [3.63, 3.8) is 0 Å². The molecule has 0 saturated heterocycles. The normalized spacial score (nSPS) is 16.5. The van der Waals surface area contributed by atoms with Crippen molar-refractivity contribution >= 4 is 23.4 Å². The average molecular weight is 505 g/mol. The van der Waals surface area contributed by atoms with Crippen molar-refractivity contribution in [2.75, 3.05) is 29.7 Å². The van der Waals surface area contributed by atoms with Crippen molar-refractivity contribution in [3.05, 3.63) is 52.7 Å². The molecule has 4 rings (SSSR count). The standard InChI is InChI=1S/C23H27F3N8O2/c1-12-16(6-7-17(29-12)23(24,25)26)11-34-10-15(9-28-34)8-27-22-30-13(2)18-20(32-22)33(4)19(14(3)36-5)21(35)31-18/h6-7,9-10,14,19H,8,11H2,1-5H3,(H,31,35)(H,27,30,32)/t14-,19+/m1/s1. The Morgan fingerprint density at radius 2 is 1.94 bits per heavy atom. The average Bonchev–Trinajstić information content (AvgIpc) is 3.26. The number of likely N-dealkylation sites (N-methyl/N-ethyl adjacent to an activating group) is 1. The van der Waals surface area contributed by atoms with Crippen LogP contribution in [0.25, 0.3) is 0 Å². The first-order valence-corrected chi connectivity index (χ1v) is 11.2. The van der Waals surface area contributed by atoms with Gasteiger partial charge in [0.05, 0.1) is 24.5 Å². The van der Waals surface area contributed by atoms with Gasteiger partial charge in [-0.3, -0.25) is 9.48 Å². The van der Waals surface area contributed by atoms with E-state index in [-0.39, 0.29) is 18.6 Å². The van der Waals surface area contributed by atoms with Crippen molar-refractivity contribution in [2.45, 2.75) is 52.2 Å². The van der Waals surface area contributed by atoms with Crippen LogP contribution < -0.4 is 15.5 Å². The summed E-state index contributed by atoms with van der Waals surface area (Å²) in [4.78, 5) is 27.1. The van der Waals surface area contributed by atoms with Gasteiger partial charge >= 0.3 is 6.18 Å². The molecule has 0 unspecified atom stereocenters. The zero-order valence-electron chi connectivity index (χ0n) is 20.5. The molecule has 2 atom stereocenters. The largest absolute Gasteiger partial charge is 0.433 e. The van der Waals surface area contributed by atoms with Gasteiger partial charge in [-0.2, -0.15) is 23.3 Å². The Kier molecular flexibility index (Phi) is 6.85. The SMILES string of the molecule is CO[C@H](C)[C@H]1C(=O)Nc2c(C)nc(NCc3cnn(Cc4ccc(C(F)(F)F)nc4C)c3)nc2N1C. The number of aryl methyl sites for hydroxylation is 2. The zero-order chi connectivity index (χ0) is 26.2. The Morgan fingerprint density at radius 1 is 1.19 bits per heavy atom. The highest BCUT2D eigenvalue weighted by molar-refractivity contribution is 6.03. The summed E-state index contributed by atoms with van der Waals surface area (Å²) in [7, 11) is 3.34. The fraction of sp³-hybridized carbons (Fsp3) is 0.435. The molecule has 13 heteroatoms. The highest BCUT2D eigenvalue weighted by Gasteiger charge is 2.37. The Balaban J connectivity index is 1.45. The van der Waals surface area contributed by atoms with Crippen molar-refractivity contribution in [2.24, 2.45) is 0 Å². The van der Waals surface area contributed by atoms with Crippen molar-refractivity contribution in [3.8, 4) is 0 Å². The molecule has 1 amide bonds. The van der Waals surface area contributed by atoms with Crippen LogP contribution in [-0.4, -0.2) is 56.9 Å². The van der Waals surface area contributed by atoms with Crippen LogP contribution in [0.1, 0.15) is 35.1 Å². The number of carbonyl (C=O) groups is 1. The van der Waals surface area contributed by atoms with Gasteiger partial charge in [-0.25, -0.2) is 9.97 Å². The van der Waals surface area contributed by atoms with E-state index in [1.54, 1.807) is 50.0 Å². The third-order valence-electron chi connectivity index (χ3n) is 6.11. The second-order valence-electron chi connectivity index (χ2n) is 8.66. The molecule has 0 radical (unpaired) electrons. The Morgan fingerprint density at radius 3 is 2.61 bits per heavy atom. The summed E-state index contributed by atoms with van der Waals surface area (Å²) in [6.45, 7) is 5.81. The van der Waals surface area contributed by atoms with Crippen molar-refractivity contribution in [1.29, 1.82) is 0 Å². The van der Waals surface area contributed by atoms with E-state index in [9.17, 15) is 18.0 Å². The van der Waals surface area contributed by atoms with Crippen LogP contribution in [0.15, 0.2) is 24.5 Å². The molecular formula is C23H27F3N8O2. The Bertz CT molecular complexity index is 1280. The first-order valence-electron chi connectivity index (χ1n) is 11.2. The fourth-order valence-corrected chi connectivity index (χ4v) is 4.05. The highest BCUT2D eigenvalue weighted by atomic mass is 19.4. The minimum Gasteiger partial charge on any atom is -0.379 e. The quantitative estimate of drug-likeness (QED) is 0.505. The number of fused-ring (bicyclic) bond motifs is 1. The molecular weight excluding hydrogens is 477 g/mol. The molecule has 3 aromatic heterocycles. The highest BCUT2D eigenvalue weighted by Crippen LogP contribution is 2.33. The molecule has 2 N–H and O–H groups in total. The van der Waals surface area contributed by atoms with Crippen LogP contribution in [0, 0.1) is 13.8 Å². The summed E-state index contributed by atoms with van der Waals surface area (Å²) in [6.07, 6.45) is -1.37. The minimum absolute atomic E-state index is 0.183. The fourth-order valence-electron chi connectivity index (χ4n) is 4.05. The molecule has 0 saturated carbocycles. The van der Waals surface area contributed by atoms with Gasteiger partial charge in [-0.05, 0) is 32.4 Å². The second-order valence-corrected chi connectivity index (χ2v) is 8.66. The number of aromatic nitrogens is 5. The van der Waals surface area contributed by atoms with Gasteiger partial charge in [0.25, 0.3) is 0 Å². The van der Waals surface area contributed by atoms with Crippen LogP contribution in [0.5, 0.6) is 0 Å². The topological polar surface area (TPSA) is 110 Å². The first-order chi connectivity index (χ1) is 17.0. The van der Waals surface area contributed by atoms with Crippen molar-refractivity contribution < 1.29 is 22.7 Å². The van der Waals surface area contributed by atoms with E-state index in [4.69, 9.17) is 4.74 Å². The van der Waals surface area contributed by atoms with Gasteiger partial charge < -0.3 is 20.3 Å². The molecule has 0 aliphatic carbocycles. The minimum atomic E-state index is -4.48. The van der Waals surface area contributed by atoms with E-state index < -0.39 is 17.9 Å². The number of nitrogens with zero attached hydrogens (tertiary/aromatic N) is 6. The predicted octanol–water partition coefficient (Wildman–Crippen LogP) is 3.16. The van der Waals surface area contributed by atoms with Gasteiger partial charge in [0.15, 0.2) is 5.82 Å². The monoisotopic (exact) mass is 504 g/mol. The number of hydrogen-bond donors (Lipinski definition) is 2. The number of halogens is 3. The van der Waals surface area contributed by atoms with Crippen LogP contribution >= 0.6 is 0 Å². The lowest BCUT2D eigenvalue weighted by Gasteiger charge is -2.37. The molecule has 0 spiro atoms. The molecule has 1 aliphatic rings. The number of nitrogens with one attached hydrogen (secondary N) is 2. The van der Waals surface area contributed by atoms with Crippen LogP contribution in [-0.2, 0) is 28.8 Å². The van der Waals surface area contributed by atoms with Gasteiger partial charge in [0.2, 0.25) is 11.9 Å². The van der Waals surface area contributed by atoms with E-state index in [1.165, 1.54) is 6.07 Å². The Labute approximate surface area is 205 Å². The molecule has 0 fully saturated rings. The number of hydrogen-bond acceptors (Lipinski definition) is 8. The van der Waals surface area contributed by atoms with Crippen LogP contribution in [0.4, 0.5) is 30.6 Å². The summed E-state index contributed by atoms with van der Waals surface area (Å²) < 4.78 is 45.6. The lowest BCUT2D eigenvalue weighted by Crippen LogP contribution is -2.53. The van der Waals surface area contributed by atoms with Gasteiger partial charge in [0.1, 0.15) is 17.4 Å². The second kappa shape index (κ2) is 9.72. The maximum absolute atomic E-state index is 12.9. The number of amides is 1. The number of alkyl halides is 3. The van der Waals surface area contributed by atoms with E-state index >= 15 is 0 Å². The first kappa shape index (κ1) is 25.4. The summed E-state index contributed by atoms with van der Waals surface area (Å²) >= 11 is 0. The molecule has 10 nitrogen and oxygen atoms in total. The number of carbonyl (C=O) groups excluding carboxylic acids is 1. The summed E-state index contributed by atoms with van der Waals surface area (Å²) in [5.41, 5.74) is 2.04. The van der Waals surface area contributed by atoms with Gasteiger partial charge in [0, 0.05) is 38.2 Å². The van der Waals surface area contributed by atoms with Crippen molar-refractivity contribution in [1.82, 2.24) is 24.7 Å². The zero-order valence-corrected chi connectivity index (χ0v) is 20.5. The van der Waals surface area contributed by atoms with E-state index in [1.807, 2.05) is 6.92 Å². The summed E-state index contributed by atoms with van der Waals surface area (Å²) in [5.74, 6) is 0.783. The number of ether oxygens (including phenoxy) is 1. The molecule has 1 aliphatic heterocycles. The molecule has 192 valence electrons. The Hall–Kier alpha value is -3.74. The smallest absolute Gasteiger partial charge is 0.379 e. The van der Waals surface area contributed by atoms with E-state index in [2.05, 4.69) is 30.7 Å². The number of rotatable bonds is 7. The molecule has 4 heterocycles. The number of methoxy groups -OCH3 is 1. The van der Waals surface area contributed by atoms with Gasteiger partial charge in [-0.15, -0.1) is 0 Å². The maximum atomic E-state index is 12.9. The van der Waals surface area contributed by atoms with Gasteiger partial charge in [-0.1, -0.05) is 6.07 Å². The predicted molar refractivity (Wildman–Crippen MR) is 127 cm³/mol. The number of pyridine rings is 1.